The highest BCUT2D eigenvalue weighted by molar-refractivity contribution is 8.07. The van der Waals surface area contributed by atoms with Crippen LogP contribution >= 0.6 is 23.5 Å². The standard InChI is InChI=1S/C18H18N2S2/c1-3-19-13-9-5-7-11-15(13)21-17(19)18-20(4-2)14-10-6-8-12-16(14)22-18/h5-12H,3-4H2,1-2H3/b18-17+. The highest BCUT2D eigenvalue weighted by Crippen LogP contribution is 2.54. The zero-order valence-corrected chi connectivity index (χ0v) is 14.4. The van der Waals surface area contributed by atoms with Gasteiger partial charge in [0, 0.05) is 22.9 Å². The second-order valence-electron chi connectivity index (χ2n) is 5.24. The molecule has 0 fully saturated rings. The molecule has 2 aromatic carbocycles. The lowest BCUT2D eigenvalue weighted by molar-refractivity contribution is 0.958. The van der Waals surface area contributed by atoms with Crippen molar-refractivity contribution >= 4 is 34.9 Å². The number of rotatable bonds is 2. The van der Waals surface area contributed by atoms with Crippen LogP contribution in [0.15, 0.2) is 68.4 Å². The zero-order chi connectivity index (χ0) is 15.1. The molecule has 112 valence electrons. The van der Waals surface area contributed by atoms with E-state index in [1.807, 2.05) is 23.5 Å². The molecular formula is C18H18N2S2. The first-order valence-corrected chi connectivity index (χ1v) is 9.30. The summed E-state index contributed by atoms with van der Waals surface area (Å²) in [7, 11) is 0. The Morgan fingerprint density at radius 3 is 1.50 bits per heavy atom. The van der Waals surface area contributed by atoms with E-state index in [1.165, 1.54) is 31.2 Å². The summed E-state index contributed by atoms with van der Waals surface area (Å²) in [5.74, 6) is 0. The third kappa shape index (κ3) is 2.05. The second-order valence-corrected chi connectivity index (χ2v) is 7.30. The summed E-state index contributed by atoms with van der Waals surface area (Å²) in [4.78, 5) is 7.60. The zero-order valence-electron chi connectivity index (χ0n) is 12.7. The number of nitrogens with zero attached hydrogens (tertiary/aromatic N) is 2. The average molecular weight is 326 g/mol. The van der Waals surface area contributed by atoms with Crippen molar-refractivity contribution < 1.29 is 0 Å². The van der Waals surface area contributed by atoms with Crippen molar-refractivity contribution in [2.75, 3.05) is 22.9 Å². The maximum absolute atomic E-state index is 2.44. The van der Waals surface area contributed by atoms with E-state index in [0.717, 1.165) is 13.1 Å². The first-order valence-electron chi connectivity index (χ1n) is 7.66. The van der Waals surface area contributed by atoms with Gasteiger partial charge in [-0.25, -0.2) is 0 Å². The summed E-state index contributed by atoms with van der Waals surface area (Å²) in [6, 6.07) is 17.4. The van der Waals surface area contributed by atoms with Gasteiger partial charge in [-0.15, -0.1) is 0 Å². The number of hydrogen-bond donors (Lipinski definition) is 0. The van der Waals surface area contributed by atoms with Crippen molar-refractivity contribution in [2.24, 2.45) is 0 Å². The van der Waals surface area contributed by atoms with Gasteiger partial charge in [0.25, 0.3) is 0 Å². The van der Waals surface area contributed by atoms with Crippen LogP contribution in [0.4, 0.5) is 11.4 Å². The molecule has 0 saturated heterocycles. The predicted molar refractivity (Wildman–Crippen MR) is 97.7 cm³/mol. The van der Waals surface area contributed by atoms with Crippen LogP contribution in [-0.4, -0.2) is 13.1 Å². The van der Waals surface area contributed by atoms with Gasteiger partial charge >= 0.3 is 0 Å². The molecule has 2 nitrogen and oxygen atoms in total. The van der Waals surface area contributed by atoms with Gasteiger partial charge in [0.1, 0.15) is 10.1 Å². The lowest BCUT2D eigenvalue weighted by Crippen LogP contribution is -2.24. The van der Waals surface area contributed by atoms with E-state index < -0.39 is 0 Å². The minimum absolute atomic E-state index is 0.997. The summed E-state index contributed by atoms with van der Waals surface area (Å²) in [5.41, 5.74) is 2.68. The van der Waals surface area contributed by atoms with Gasteiger partial charge < -0.3 is 9.80 Å². The fourth-order valence-electron chi connectivity index (χ4n) is 3.02. The van der Waals surface area contributed by atoms with E-state index in [2.05, 4.69) is 72.2 Å². The molecule has 2 heterocycles. The molecule has 0 unspecified atom stereocenters. The highest BCUT2D eigenvalue weighted by Gasteiger charge is 2.33. The Morgan fingerprint density at radius 2 is 1.09 bits per heavy atom. The van der Waals surface area contributed by atoms with E-state index >= 15 is 0 Å². The molecule has 2 aliphatic heterocycles. The van der Waals surface area contributed by atoms with Crippen molar-refractivity contribution in [3.05, 3.63) is 58.6 Å². The molecule has 0 radical (unpaired) electrons. The Bertz CT molecular complexity index is 691. The van der Waals surface area contributed by atoms with Gasteiger partial charge in [-0.3, -0.25) is 0 Å². The summed E-state index contributed by atoms with van der Waals surface area (Å²) in [6.45, 7) is 6.45. The topological polar surface area (TPSA) is 6.48 Å². The molecule has 4 rings (SSSR count). The summed E-state index contributed by atoms with van der Waals surface area (Å²) < 4.78 is 0. The molecule has 2 aromatic rings. The molecule has 4 heteroatoms. The van der Waals surface area contributed by atoms with Crippen molar-refractivity contribution in [3.63, 3.8) is 0 Å². The first kappa shape index (κ1) is 14.1. The van der Waals surface area contributed by atoms with Crippen LogP contribution < -0.4 is 9.80 Å². The smallest absolute Gasteiger partial charge is 0.111 e. The van der Waals surface area contributed by atoms with E-state index in [0.29, 0.717) is 0 Å². The van der Waals surface area contributed by atoms with E-state index in [-0.39, 0.29) is 0 Å². The van der Waals surface area contributed by atoms with E-state index in [1.54, 1.807) is 0 Å². The lowest BCUT2D eigenvalue weighted by Gasteiger charge is -2.24. The molecule has 0 aliphatic carbocycles. The average Bonchev–Trinajstić information content (AvgIpc) is 3.12. The SMILES string of the molecule is CCN1/C(=C2\Sc3ccccc3N2CC)Sc2ccccc21. The Morgan fingerprint density at radius 1 is 0.682 bits per heavy atom. The largest absolute Gasteiger partial charge is 0.333 e. The maximum Gasteiger partial charge on any atom is 0.111 e. The molecule has 0 bridgehead atoms. The molecule has 0 N–H and O–H groups in total. The van der Waals surface area contributed by atoms with Crippen LogP contribution in [0.3, 0.4) is 0 Å². The van der Waals surface area contributed by atoms with Gasteiger partial charge in [0.15, 0.2) is 0 Å². The van der Waals surface area contributed by atoms with Crippen LogP contribution in [0, 0.1) is 0 Å². The van der Waals surface area contributed by atoms with Gasteiger partial charge in [-0.1, -0.05) is 47.8 Å². The Kier molecular flexibility index (Phi) is 3.59. The Balaban J connectivity index is 1.83. The van der Waals surface area contributed by atoms with Gasteiger partial charge in [-0.05, 0) is 38.1 Å². The number of hydrogen-bond acceptors (Lipinski definition) is 4. The van der Waals surface area contributed by atoms with Crippen molar-refractivity contribution in [3.8, 4) is 0 Å². The number of para-hydroxylation sites is 2. The molecule has 0 aromatic heterocycles. The second kappa shape index (κ2) is 5.60. The fourth-order valence-corrected chi connectivity index (χ4v) is 5.61. The van der Waals surface area contributed by atoms with Crippen molar-refractivity contribution in [1.29, 1.82) is 0 Å². The van der Waals surface area contributed by atoms with Gasteiger partial charge in [0.05, 0.1) is 11.4 Å². The molecule has 22 heavy (non-hydrogen) atoms. The fraction of sp³-hybridized carbons (Fsp3) is 0.222. The third-order valence-electron chi connectivity index (χ3n) is 4.03. The molecule has 2 aliphatic rings. The van der Waals surface area contributed by atoms with Gasteiger partial charge in [-0.2, -0.15) is 0 Å². The molecule has 0 atom stereocenters. The van der Waals surface area contributed by atoms with Crippen molar-refractivity contribution in [1.82, 2.24) is 0 Å². The number of benzene rings is 2. The number of thioether (sulfide) groups is 2. The Hall–Kier alpha value is -1.52. The summed E-state index contributed by atoms with van der Waals surface area (Å²) >= 11 is 3.80. The van der Waals surface area contributed by atoms with Crippen LogP contribution in [0.5, 0.6) is 0 Å². The quantitative estimate of drug-likeness (QED) is 0.731. The number of fused-ring (bicyclic) bond motifs is 2. The summed E-state index contributed by atoms with van der Waals surface area (Å²) in [6.07, 6.45) is 0. The van der Waals surface area contributed by atoms with Crippen molar-refractivity contribution in [2.45, 2.75) is 23.6 Å². The maximum atomic E-state index is 2.44. The van der Waals surface area contributed by atoms with Crippen LogP contribution in [-0.2, 0) is 0 Å². The van der Waals surface area contributed by atoms with Gasteiger partial charge in [0.2, 0.25) is 0 Å². The molecule has 0 amide bonds. The minimum atomic E-state index is 0.997. The normalized spacial score (nSPS) is 19.5. The first-order chi connectivity index (χ1) is 10.8. The van der Waals surface area contributed by atoms with E-state index in [9.17, 15) is 0 Å². The van der Waals surface area contributed by atoms with Crippen LogP contribution in [0.25, 0.3) is 0 Å². The minimum Gasteiger partial charge on any atom is -0.333 e. The summed E-state index contributed by atoms with van der Waals surface area (Å²) in [5, 5.41) is 2.73. The molecule has 0 saturated carbocycles. The highest BCUT2D eigenvalue weighted by atomic mass is 32.2. The van der Waals surface area contributed by atoms with E-state index in [4.69, 9.17) is 0 Å². The molecular weight excluding hydrogens is 308 g/mol. The Labute approximate surface area is 140 Å². The predicted octanol–water partition coefficient (Wildman–Crippen LogP) is 5.38. The third-order valence-corrected chi connectivity index (χ3v) is 6.50. The number of anilines is 2. The lowest BCUT2D eigenvalue weighted by atomic mass is 10.3. The van der Waals surface area contributed by atoms with Crippen LogP contribution in [0.2, 0.25) is 0 Å². The monoisotopic (exact) mass is 326 g/mol. The van der Waals surface area contributed by atoms with Crippen LogP contribution in [0.1, 0.15) is 13.8 Å². The molecule has 0 spiro atoms.